The molecule has 1 N–H and O–H groups in total. The number of aryl methyl sites for hydroxylation is 1. The van der Waals surface area contributed by atoms with Crippen LogP contribution in [-0.4, -0.2) is 49.7 Å². The molecular formula is C22H20FN5O4S2. The van der Waals surface area contributed by atoms with Crippen LogP contribution in [0.25, 0.3) is 21.8 Å². The zero-order chi connectivity index (χ0) is 23.7. The molecule has 5 rings (SSSR count). The lowest BCUT2D eigenvalue weighted by atomic mass is 10.1. The summed E-state index contributed by atoms with van der Waals surface area (Å²) in [7, 11) is -4.02. The van der Waals surface area contributed by atoms with Crippen LogP contribution in [0.4, 0.5) is 15.2 Å². The zero-order valence-electron chi connectivity index (χ0n) is 18.1. The normalized spacial score (nSPS) is 14.4. The Balaban J connectivity index is 1.60. The average Bonchev–Trinajstić information content (AvgIpc) is 3.52. The maximum absolute atomic E-state index is 15.7. The number of morpholine rings is 1. The van der Waals surface area contributed by atoms with Crippen LogP contribution in [0.5, 0.6) is 0 Å². The van der Waals surface area contributed by atoms with Crippen LogP contribution < -0.4 is 9.62 Å². The van der Waals surface area contributed by atoms with Crippen molar-refractivity contribution < 1.29 is 22.0 Å². The van der Waals surface area contributed by atoms with E-state index in [9.17, 15) is 8.42 Å². The highest BCUT2D eigenvalue weighted by Gasteiger charge is 2.25. The minimum atomic E-state index is -4.02. The molecule has 4 heterocycles. The Morgan fingerprint density at radius 2 is 1.97 bits per heavy atom. The second kappa shape index (κ2) is 9.12. The fraction of sp³-hybridized carbons (Fsp3) is 0.227. The number of hydrogen-bond donors (Lipinski definition) is 1. The molecule has 176 valence electrons. The lowest BCUT2D eigenvalue weighted by molar-refractivity contribution is 0.122. The van der Waals surface area contributed by atoms with Gasteiger partial charge in [0.1, 0.15) is 17.0 Å². The van der Waals surface area contributed by atoms with Gasteiger partial charge in [-0.15, -0.1) is 0 Å². The molecule has 1 aliphatic rings. The summed E-state index contributed by atoms with van der Waals surface area (Å²) in [6.45, 7) is 4.27. The highest BCUT2D eigenvalue weighted by molar-refractivity contribution is 7.92. The van der Waals surface area contributed by atoms with Gasteiger partial charge in [0.2, 0.25) is 0 Å². The van der Waals surface area contributed by atoms with E-state index in [4.69, 9.17) is 14.1 Å². The van der Waals surface area contributed by atoms with E-state index in [1.807, 2.05) is 0 Å². The monoisotopic (exact) mass is 501 g/mol. The number of nitrogens with one attached hydrogen (secondary N) is 1. The smallest absolute Gasteiger partial charge is 0.265 e. The van der Waals surface area contributed by atoms with Gasteiger partial charge in [-0.3, -0.25) is 4.72 Å². The molecule has 12 heteroatoms. The van der Waals surface area contributed by atoms with Crippen LogP contribution >= 0.6 is 11.3 Å². The molecule has 4 aromatic rings. The lowest BCUT2D eigenvalue weighted by Crippen LogP contribution is -2.36. The number of halogens is 1. The highest BCUT2D eigenvalue weighted by Crippen LogP contribution is 2.41. The van der Waals surface area contributed by atoms with E-state index in [0.29, 0.717) is 53.5 Å². The minimum Gasteiger partial charge on any atom is -0.471 e. The van der Waals surface area contributed by atoms with Crippen molar-refractivity contribution in [2.75, 3.05) is 35.9 Å². The van der Waals surface area contributed by atoms with Gasteiger partial charge >= 0.3 is 0 Å². The van der Waals surface area contributed by atoms with Crippen LogP contribution in [0, 0.1) is 12.7 Å². The van der Waals surface area contributed by atoms with Crippen molar-refractivity contribution >= 4 is 32.2 Å². The number of thiazole rings is 1. The fourth-order valence-electron chi connectivity index (χ4n) is 3.54. The number of rotatable bonds is 6. The SMILES string of the molecule is Cc1nccc(-c2sc(N3CCOCC3)nc2-c2cccc(NS(=O)(=O)c3ccoc3)c2F)n1. The van der Waals surface area contributed by atoms with Gasteiger partial charge in [0.05, 0.1) is 41.4 Å². The molecular weight excluding hydrogens is 481 g/mol. The molecule has 1 fully saturated rings. The summed E-state index contributed by atoms with van der Waals surface area (Å²) in [5, 5.41) is 0.716. The van der Waals surface area contributed by atoms with Crippen molar-refractivity contribution in [2.45, 2.75) is 11.8 Å². The topological polar surface area (TPSA) is 110 Å². The third-order valence-electron chi connectivity index (χ3n) is 5.21. The van der Waals surface area contributed by atoms with Crippen molar-refractivity contribution in [2.24, 2.45) is 0 Å². The number of benzene rings is 1. The van der Waals surface area contributed by atoms with Crippen LogP contribution in [-0.2, 0) is 14.8 Å². The van der Waals surface area contributed by atoms with Gasteiger partial charge in [0.15, 0.2) is 10.9 Å². The summed E-state index contributed by atoms with van der Waals surface area (Å²) in [6, 6.07) is 7.54. The maximum Gasteiger partial charge on any atom is 0.265 e. The van der Waals surface area contributed by atoms with Crippen LogP contribution in [0.1, 0.15) is 5.82 Å². The van der Waals surface area contributed by atoms with Crippen molar-refractivity contribution in [1.82, 2.24) is 15.0 Å². The Morgan fingerprint density at radius 3 is 2.71 bits per heavy atom. The Bertz CT molecular complexity index is 1420. The van der Waals surface area contributed by atoms with Crippen LogP contribution in [0.2, 0.25) is 0 Å². The number of furan rings is 1. The molecule has 34 heavy (non-hydrogen) atoms. The number of aromatic nitrogens is 3. The van der Waals surface area contributed by atoms with Gasteiger partial charge in [-0.1, -0.05) is 17.4 Å². The largest absolute Gasteiger partial charge is 0.471 e. The van der Waals surface area contributed by atoms with Crippen molar-refractivity contribution in [1.29, 1.82) is 0 Å². The molecule has 0 amide bonds. The van der Waals surface area contributed by atoms with E-state index in [2.05, 4.69) is 19.6 Å². The molecule has 0 saturated carbocycles. The quantitative estimate of drug-likeness (QED) is 0.423. The summed E-state index contributed by atoms with van der Waals surface area (Å²) in [5.41, 5.74) is 0.966. The van der Waals surface area contributed by atoms with E-state index < -0.39 is 15.8 Å². The number of ether oxygens (including phenoxy) is 1. The molecule has 0 unspecified atom stereocenters. The van der Waals surface area contributed by atoms with Gasteiger partial charge in [-0.2, -0.15) is 0 Å². The molecule has 9 nitrogen and oxygen atoms in total. The number of anilines is 2. The zero-order valence-corrected chi connectivity index (χ0v) is 19.7. The fourth-order valence-corrected chi connectivity index (χ4v) is 5.62. The van der Waals surface area contributed by atoms with Crippen molar-refractivity contribution in [3.05, 3.63) is 60.7 Å². The highest BCUT2D eigenvalue weighted by atomic mass is 32.2. The molecule has 0 spiro atoms. The van der Waals surface area contributed by atoms with E-state index in [1.54, 1.807) is 31.3 Å². The average molecular weight is 502 g/mol. The number of hydrogen-bond acceptors (Lipinski definition) is 9. The maximum atomic E-state index is 15.7. The first-order valence-electron chi connectivity index (χ1n) is 10.4. The molecule has 3 aromatic heterocycles. The summed E-state index contributed by atoms with van der Waals surface area (Å²) in [5.74, 6) is -0.160. The first-order valence-corrected chi connectivity index (χ1v) is 12.7. The van der Waals surface area contributed by atoms with Crippen molar-refractivity contribution in [3.63, 3.8) is 0 Å². The molecule has 1 aromatic carbocycles. The Kier molecular flexibility index (Phi) is 6.02. The van der Waals surface area contributed by atoms with Gasteiger partial charge in [-0.05, 0) is 31.2 Å². The Morgan fingerprint density at radius 1 is 1.15 bits per heavy atom. The summed E-state index contributed by atoms with van der Waals surface area (Å²) < 4.78 is 53.5. The molecule has 1 aliphatic heterocycles. The van der Waals surface area contributed by atoms with Gasteiger partial charge < -0.3 is 14.1 Å². The number of nitrogens with zero attached hydrogens (tertiary/aromatic N) is 4. The second-order valence-electron chi connectivity index (χ2n) is 7.49. The summed E-state index contributed by atoms with van der Waals surface area (Å²) in [6.07, 6.45) is 3.95. The second-order valence-corrected chi connectivity index (χ2v) is 10.2. The third kappa shape index (κ3) is 4.39. The first kappa shape index (κ1) is 22.4. The van der Waals surface area contributed by atoms with E-state index in [-0.39, 0.29) is 16.1 Å². The molecule has 0 aliphatic carbocycles. The van der Waals surface area contributed by atoms with Gasteiger partial charge in [-0.25, -0.2) is 27.8 Å². The Hall–Kier alpha value is -3.35. The van der Waals surface area contributed by atoms with Gasteiger partial charge in [0, 0.05) is 24.8 Å². The van der Waals surface area contributed by atoms with Crippen LogP contribution in [0.15, 0.2) is 58.4 Å². The Labute approximate surface area is 199 Å². The summed E-state index contributed by atoms with van der Waals surface area (Å²) in [4.78, 5) is 16.1. The van der Waals surface area contributed by atoms with E-state index >= 15 is 4.39 Å². The van der Waals surface area contributed by atoms with E-state index in [1.165, 1.54) is 29.7 Å². The summed E-state index contributed by atoms with van der Waals surface area (Å²) >= 11 is 1.40. The minimum absolute atomic E-state index is 0.0993. The molecule has 0 bridgehead atoms. The lowest BCUT2D eigenvalue weighted by Gasteiger charge is -2.26. The predicted molar refractivity (Wildman–Crippen MR) is 126 cm³/mol. The van der Waals surface area contributed by atoms with Crippen molar-refractivity contribution in [3.8, 4) is 21.8 Å². The molecule has 0 atom stereocenters. The van der Waals surface area contributed by atoms with E-state index in [0.717, 1.165) is 6.26 Å². The molecule has 1 saturated heterocycles. The van der Waals surface area contributed by atoms with Crippen LogP contribution in [0.3, 0.4) is 0 Å². The molecule has 0 radical (unpaired) electrons. The standard InChI is InChI=1S/C22H20FN5O4S2/c1-14-24-7-5-18(25-14)21-20(26-22(33-21)28-8-11-31-12-9-28)16-3-2-4-17(19(16)23)27-34(29,30)15-6-10-32-13-15/h2-7,10,13,27H,8-9,11-12H2,1H3. The van der Waals surface area contributed by atoms with Gasteiger partial charge in [0.25, 0.3) is 10.0 Å². The predicted octanol–water partition coefficient (Wildman–Crippen LogP) is 3.95. The first-order chi connectivity index (χ1) is 16.4. The number of sulfonamides is 1. The third-order valence-corrected chi connectivity index (χ3v) is 7.69.